The maximum Gasteiger partial charge on any atom is 0.215 e. The number of hydrogen-bond acceptors (Lipinski definition) is 2. The molecule has 0 bridgehead atoms. The molecule has 0 saturated carbocycles. The minimum atomic E-state index is 0.740. The molecule has 0 spiro atoms. The number of aromatic nitrogens is 1. The lowest BCUT2D eigenvalue weighted by Gasteiger charge is -2.15. The molecule has 0 unspecified atom stereocenters. The van der Waals surface area contributed by atoms with Crippen molar-refractivity contribution in [2.75, 3.05) is 11.4 Å². The number of anilines is 1. The van der Waals surface area contributed by atoms with E-state index >= 15 is 0 Å². The average molecular weight is 206 g/mol. The first-order valence-electron chi connectivity index (χ1n) is 5.51. The van der Waals surface area contributed by atoms with Crippen molar-refractivity contribution in [2.45, 2.75) is 32.6 Å². The molecule has 1 amide bonds. The van der Waals surface area contributed by atoms with Gasteiger partial charge < -0.3 is 0 Å². The molecule has 0 aliphatic heterocycles. The molecule has 1 aromatic rings. The summed E-state index contributed by atoms with van der Waals surface area (Å²) >= 11 is 0. The normalized spacial score (nSPS) is 9.93. The molecule has 1 rings (SSSR count). The van der Waals surface area contributed by atoms with E-state index in [1.165, 1.54) is 19.3 Å². The summed E-state index contributed by atoms with van der Waals surface area (Å²) in [7, 11) is 0. The zero-order chi connectivity index (χ0) is 10.9. The van der Waals surface area contributed by atoms with Crippen molar-refractivity contribution < 1.29 is 4.79 Å². The highest BCUT2D eigenvalue weighted by atomic mass is 16.1. The smallest absolute Gasteiger partial charge is 0.215 e. The summed E-state index contributed by atoms with van der Waals surface area (Å²) in [6, 6.07) is 5.60. The third kappa shape index (κ3) is 4.11. The highest BCUT2D eigenvalue weighted by Crippen LogP contribution is 2.09. The van der Waals surface area contributed by atoms with E-state index in [2.05, 4.69) is 11.9 Å². The van der Waals surface area contributed by atoms with E-state index in [-0.39, 0.29) is 0 Å². The topological polar surface area (TPSA) is 33.2 Å². The standard InChI is InChI=1S/C12H18N2O/c1-2-3-4-7-10-14(11-15)12-8-5-6-9-13-12/h5-6,8-9,11H,2-4,7,10H2,1H3. The Morgan fingerprint density at radius 2 is 2.20 bits per heavy atom. The van der Waals surface area contributed by atoms with Crippen molar-refractivity contribution in [1.82, 2.24) is 4.98 Å². The zero-order valence-electron chi connectivity index (χ0n) is 9.22. The van der Waals surface area contributed by atoms with Crippen LogP contribution >= 0.6 is 0 Å². The molecule has 0 radical (unpaired) electrons. The van der Waals surface area contributed by atoms with E-state index in [1.807, 2.05) is 18.2 Å². The summed E-state index contributed by atoms with van der Waals surface area (Å²) in [6.45, 7) is 2.94. The van der Waals surface area contributed by atoms with Crippen molar-refractivity contribution in [2.24, 2.45) is 0 Å². The number of unbranched alkanes of at least 4 members (excludes halogenated alkanes) is 3. The first-order valence-corrected chi connectivity index (χ1v) is 5.51. The molecular weight excluding hydrogens is 188 g/mol. The van der Waals surface area contributed by atoms with Gasteiger partial charge in [0.05, 0.1) is 0 Å². The lowest BCUT2D eigenvalue weighted by atomic mass is 10.2. The van der Waals surface area contributed by atoms with Crippen LogP contribution in [-0.4, -0.2) is 17.9 Å². The van der Waals surface area contributed by atoms with Crippen LogP contribution < -0.4 is 4.90 Å². The van der Waals surface area contributed by atoms with Gasteiger partial charge in [0.2, 0.25) is 6.41 Å². The first-order chi connectivity index (χ1) is 7.38. The number of amides is 1. The molecule has 0 atom stereocenters. The van der Waals surface area contributed by atoms with Crippen LogP contribution in [0.4, 0.5) is 5.82 Å². The van der Waals surface area contributed by atoms with Crippen molar-refractivity contribution in [3.8, 4) is 0 Å². The fourth-order valence-corrected chi connectivity index (χ4v) is 1.45. The Balaban J connectivity index is 2.39. The Kier molecular flexibility index (Phi) is 5.44. The third-order valence-electron chi connectivity index (χ3n) is 2.32. The van der Waals surface area contributed by atoms with E-state index in [1.54, 1.807) is 11.1 Å². The van der Waals surface area contributed by atoms with Crippen LogP contribution in [0.15, 0.2) is 24.4 Å². The van der Waals surface area contributed by atoms with Gasteiger partial charge in [-0.2, -0.15) is 0 Å². The second-order valence-corrected chi connectivity index (χ2v) is 3.55. The number of hydrogen-bond donors (Lipinski definition) is 0. The van der Waals surface area contributed by atoms with Gasteiger partial charge in [0, 0.05) is 12.7 Å². The molecule has 0 N–H and O–H groups in total. The van der Waals surface area contributed by atoms with Crippen LogP contribution in [0.25, 0.3) is 0 Å². The van der Waals surface area contributed by atoms with Gasteiger partial charge in [-0.25, -0.2) is 4.98 Å². The Bertz CT molecular complexity index is 274. The summed E-state index contributed by atoms with van der Waals surface area (Å²) in [5, 5.41) is 0. The predicted octanol–water partition coefficient (Wildman–Crippen LogP) is 2.62. The minimum absolute atomic E-state index is 0.740. The number of nitrogens with zero attached hydrogens (tertiary/aromatic N) is 2. The quantitative estimate of drug-likeness (QED) is 0.507. The summed E-state index contributed by atoms with van der Waals surface area (Å²) in [5.41, 5.74) is 0. The van der Waals surface area contributed by atoms with Crippen LogP contribution in [0.3, 0.4) is 0 Å². The van der Waals surface area contributed by atoms with E-state index in [4.69, 9.17) is 0 Å². The van der Waals surface area contributed by atoms with Crippen molar-refractivity contribution >= 4 is 12.2 Å². The van der Waals surface area contributed by atoms with Gasteiger partial charge in [0.15, 0.2) is 0 Å². The van der Waals surface area contributed by atoms with E-state index in [0.29, 0.717) is 0 Å². The molecule has 82 valence electrons. The Hall–Kier alpha value is -1.38. The monoisotopic (exact) mass is 206 g/mol. The third-order valence-corrected chi connectivity index (χ3v) is 2.32. The minimum Gasteiger partial charge on any atom is -0.299 e. The molecule has 0 aromatic carbocycles. The Morgan fingerprint density at radius 1 is 1.33 bits per heavy atom. The first kappa shape index (κ1) is 11.7. The summed E-state index contributed by atoms with van der Waals surface area (Å²) < 4.78 is 0. The van der Waals surface area contributed by atoms with Gasteiger partial charge in [-0.1, -0.05) is 32.3 Å². The molecule has 15 heavy (non-hydrogen) atoms. The van der Waals surface area contributed by atoms with Gasteiger partial charge >= 0.3 is 0 Å². The van der Waals surface area contributed by atoms with Crippen LogP contribution in [0.5, 0.6) is 0 Å². The lowest BCUT2D eigenvalue weighted by Crippen LogP contribution is -2.23. The maximum atomic E-state index is 10.9. The Morgan fingerprint density at radius 3 is 2.80 bits per heavy atom. The SMILES string of the molecule is CCCCCCN(C=O)c1ccccn1. The van der Waals surface area contributed by atoms with Crippen LogP contribution in [0.1, 0.15) is 32.6 Å². The number of pyridine rings is 1. The van der Waals surface area contributed by atoms with E-state index in [0.717, 1.165) is 25.2 Å². The molecule has 3 heteroatoms. The molecule has 1 aromatic heterocycles. The summed E-state index contributed by atoms with van der Waals surface area (Å²) in [6.07, 6.45) is 7.22. The number of carbonyl (C=O) groups is 1. The van der Waals surface area contributed by atoms with Gasteiger partial charge in [0.25, 0.3) is 0 Å². The molecule has 0 aliphatic rings. The average Bonchev–Trinajstić information content (AvgIpc) is 2.30. The number of carbonyl (C=O) groups excluding carboxylic acids is 1. The molecular formula is C12H18N2O. The maximum absolute atomic E-state index is 10.9. The largest absolute Gasteiger partial charge is 0.299 e. The molecule has 0 aliphatic carbocycles. The van der Waals surface area contributed by atoms with E-state index in [9.17, 15) is 4.79 Å². The highest BCUT2D eigenvalue weighted by Gasteiger charge is 2.04. The predicted molar refractivity (Wildman–Crippen MR) is 61.8 cm³/mol. The van der Waals surface area contributed by atoms with Crippen LogP contribution in [-0.2, 0) is 4.79 Å². The second kappa shape index (κ2) is 6.98. The van der Waals surface area contributed by atoms with E-state index < -0.39 is 0 Å². The molecule has 1 heterocycles. The molecule has 0 saturated heterocycles. The van der Waals surface area contributed by atoms with Gasteiger partial charge in [-0.3, -0.25) is 9.69 Å². The van der Waals surface area contributed by atoms with Gasteiger partial charge in [0.1, 0.15) is 5.82 Å². The fourth-order valence-electron chi connectivity index (χ4n) is 1.45. The second-order valence-electron chi connectivity index (χ2n) is 3.55. The van der Waals surface area contributed by atoms with Crippen LogP contribution in [0, 0.1) is 0 Å². The summed E-state index contributed by atoms with van der Waals surface area (Å²) in [4.78, 5) is 16.7. The lowest BCUT2D eigenvalue weighted by molar-refractivity contribution is -0.107. The zero-order valence-corrected chi connectivity index (χ0v) is 9.22. The van der Waals surface area contributed by atoms with Crippen molar-refractivity contribution in [3.05, 3.63) is 24.4 Å². The van der Waals surface area contributed by atoms with Crippen molar-refractivity contribution in [3.63, 3.8) is 0 Å². The Labute approximate surface area is 91.1 Å². The molecule has 0 fully saturated rings. The fraction of sp³-hybridized carbons (Fsp3) is 0.500. The van der Waals surface area contributed by atoms with Crippen molar-refractivity contribution in [1.29, 1.82) is 0 Å². The van der Waals surface area contributed by atoms with Gasteiger partial charge in [-0.15, -0.1) is 0 Å². The van der Waals surface area contributed by atoms with Gasteiger partial charge in [-0.05, 0) is 18.6 Å². The van der Waals surface area contributed by atoms with Crippen LogP contribution in [0.2, 0.25) is 0 Å². The summed E-state index contributed by atoms with van der Waals surface area (Å²) in [5.74, 6) is 0.740. The number of rotatable bonds is 7. The highest BCUT2D eigenvalue weighted by molar-refractivity contribution is 5.72. The molecule has 3 nitrogen and oxygen atoms in total.